The average molecular weight is 195 g/mol. The molecule has 0 amide bonds. The molecule has 0 aliphatic heterocycles. The van der Waals surface area contributed by atoms with Gasteiger partial charge in [0.25, 0.3) is 0 Å². The first-order valence-corrected chi connectivity index (χ1v) is 3.93. The molecule has 0 bridgehead atoms. The van der Waals surface area contributed by atoms with E-state index >= 15 is 0 Å². The summed E-state index contributed by atoms with van der Waals surface area (Å²) in [5.74, 6) is -0.0432. The number of carbonyl (C=O) groups is 1. The smallest absolute Gasteiger partial charge is 0.314 e. The van der Waals surface area contributed by atoms with E-state index in [1.807, 2.05) is 0 Å². The summed E-state index contributed by atoms with van der Waals surface area (Å²) in [7, 11) is 0. The van der Waals surface area contributed by atoms with Gasteiger partial charge in [0, 0.05) is 0 Å². The number of Topliss-reactive ketones (excluding diaryl/α,β-unsaturated/α-hetero) is 1. The van der Waals surface area contributed by atoms with Gasteiger partial charge in [0.1, 0.15) is 0 Å². The highest BCUT2D eigenvalue weighted by Gasteiger charge is 2.15. The molecule has 74 valence electrons. The number of allylic oxidation sites excluding steroid dienone is 1. The molecule has 14 heavy (non-hydrogen) atoms. The van der Waals surface area contributed by atoms with Crippen LogP contribution in [0.4, 0.5) is 5.69 Å². The van der Waals surface area contributed by atoms with E-state index in [9.17, 15) is 14.9 Å². The molecule has 0 aliphatic carbocycles. The Balaban J connectivity index is 3.08. The molecule has 1 heterocycles. The Morgan fingerprint density at radius 3 is 2.71 bits per heavy atom. The summed E-state index contributed by atoms with van der Waals surface area (Å²) in [6, 6.07) is 1.25. The number of carbonyl (C=O) groups excluding carboxylic acids is 1. The summed E-state index contributed by atoms with van der Waals surface area (Å²) in [5, 5.41) is 10.5. The van der Waals surface area contributed by atoms with Crippen LogP contribution in [0.1, 0.15) is 19.6 Å². The van der Waals surface area contributed by atoms with Gasteiger partial charge in [-0.2, -0.15) is 0 Å². The van der Waals surface area contributed by atoms with Crippen molar-refractivity contribution in [3.8, 4) is 0 Å². The van der Waals surface area contributed by atoms with E-state index in [1.165, 1.54) is 25.3 Å². The van der Waals surface area contributed by atoms with Crippen molar-refractivity contribution in [2.24, 2.45) is 0 Å². The van der Waals surface area contributed by atoms with Gasteiger partial charge in [0.2, 0.25) is 5.76 Å². The lowest BCUT2D eigenvalue weighted by Crippen LogP contribution is -1.92. The first-order valence-electron chi connectivity index (χ1n) is 3.93. The second kappa shape index (κ2) is 3.87. The Hall–Kier alpha value is -1.91. The van der Waals surface area contributed by atoms with Crippen molar-refractivity contribution in [3.05, 3.63) is 33.8 Å². The number of hydrogen-bond acceptors (Lipinski definition) is 4. The molecule has 0 aliphatic rings. The maximum atomic E-state index is 10.9. The zero-order valence-electron chi connectivity index (χ0n) is 7.81. The fraction of sp³-hybridized carbons (Fsp3) is 0.222. The van der Waals surface area contributed by atoms with Gasteiger partial charge in [0.05, 0.1) is 17.3 Å². The lowest BCUT2D eigenvalue weighted by molar-refractivity contribution is -0.385. The van der Waals surface area contributed by atoms with Crippen molar-refractivity contribution in [2.45, 2.75) is 13.8 Å². The third-order valence-corrected chi connectivity index (χ3v) is 1.77. The van der Waals surface area contributed by atoms with E-state index in [0.717, 1.165) is 0 Å². The third kappa shape index (κ3) is 2.07. The van der Waals surface area contributed by atoms with Crippen LogP contribution in [0.25, 0.3) is 6.08 Å². The summed E-state index contributed by atoms with van der Waals surface area (Å²) in [5.41, 5.74) is 0.286. The Kier molecular flexibility index (Phi) is 2.81. The monoisotopic (exact) mass is 195 g/mol. The van der Waals surface area contributed by atoms with Crippen LogP contribution in [0.5, 0.6) is 0 Å². The fourth-order valence-corrected chi connectivity index (χ4v) is 0.871. The standard InChI is InChI=1S/C9H9NO4/c1-6(7(2)11)5-9-8(10(12)13)3-4-14-9/h3-5H,1-2H3/b6-5+. The van der Waals surface area contributed by atoms with Gasteiger partial charge in [0.15, 0.2) is 5.78 Å². The molecule has 5 heteroatoms. The lowest BCUT2D eigenvalue weighted by atomic mass is 10.2. The van der Waals surface area contributed by atoms with E-state index in [4.69, 9.17) is 4.42 Å². The van der Waals surface area contributed by atoms with Crippen molar-refractivity contribution in [2.75, 3.05) is 0 Å². The summed E-state index contributed by atoms with van der Waals surface area (Å²) >= 11 is 0. The van der Waals surface area contributed by atoms with E-state index < -0.39 is 4.92 Å². The van der Waals surface area contributed by atoms with E-state index in [1.54, 1.807) is 6.92 Å². The van der Waals surface area contributed by atoms with E-state index in [2.05, 4.69) is 0 Å². The Morgan fingerprint density at radius 1 is 1.57 bits per heavy atom. The Morgan fingerprint density at radius 2 is 2.21 bits per heavy atom. The highest BCUT2D eigenvalue weighted by atomic mass is 16.6. The van der Waals surface area contributed by atoms with Crippen molar-refractivity contribution >= 4 is 17.5 Å². The molecule has 0 spiro atoms. The molecule has 0 saturated heterocycles. The fourth-order valence-electron chi connectivity index (χ4n) is 0.871. The van der Waals surface area contributed by atoms with Crippen LogP contribution in [0.3, 0.4) is 0 Å². The molecule has 0 N–H and O–H groups in total. The van der Waals surface area contributed by atoms with Crippen LogP contribution in [0.2, 0.25) is 0 Å². The molecule has 0 fully saturated rings. The second-order valence-electron chi connectivity index (χ2n) is 2.81. The van der Waals surface area contributed by atoms with E-state index in [-0.39, 0.29) is 17.2 Å². The molecule has 0 unspecified atom stereocenters. The lowest BCUT2D eigenvalue weighted by Gasteiger charge is -1.92. The predicted molar refractivity (Wildman–Crippen MR) is 49.7 cm³/mol. The van der Waals surface area contributed by atoms with Gasteiger partial charge >= 0.3 is 5.69 Å². The molecule has 0 atom stereocenters. The molecule has 0 aromatic carbocycles. The zero-order chi connectivity index (χ0) is 10.7. The van der Waals surface area contributed by atoms with Gasteiger partial charge in [-0.05, 0) is 25.5 Å². The van der Waals surface area contributed by atoms with Crippen molar-refractivity contribution in [3.63, 3.8) is 0 Å². The minimum atomic E-state index is -0.553. The topological polar surface area (TPSA) is 73.3 Å². The summed E-state index contributed by atoms with van der Waals surface area (Å²) in [6.07, 6.45) is 2.58. The van der Waals surface area contributed by atoms with Crippen LogP contribution < -0.4 is 0 Å². The molecular weight excluding hydrogens is 186 g/mol. The predicted octanol–water partition coefficient (Wildman–Crippen LogP) is 2.18. The van der Waals surface area contributed by atoms with Crippen LogP contribution in [0.15, 0.2) is 22.3 Å². The minimum absolute atomic E-state index is 0.0997. The van der Waals surface area contributed by atoms with Crippen molar-refractivity contribution in [1.29, 1.82) is 0 Å². The van der Waals surface area contributed by atoms with Gasteiger partial charge in [-0.3, -0.25) is 14.9 Å². The highest BCUT2D eigenvalue weighted by molar-refractivity contribution is 5.97. The first kappa shape index (κ1) is 10.2. The zero-order valence-corrected chi connectivity index (χ0v) is 7.81. The summed E-state index contributed by atoms with van der Waals surface area (Å²) < 4.78 is 4.88. The van der Waals surface area contributed by atoms with Crippen LogP contribution in [0, 0.1) is 10.1 Å². The first-order chi connectivity index (χ1) is 6.52. The number of rotatable bonds is 3. The number of nitrogens with zero attached hydrogens (tertiary/aromatic N) is 1. The van der Waals surface area contributed by atoms with Crippen molar-refractivity contribution in [1.82, 2.24) is 0 Å². The normalized spacial score (nSPS) is 11.4. The molecular formula is C9H9NO4. The van der Waals surface area contributed by atoms with Gasteiger partial charge in [-0.25, -0.2) is 0 Å². The summed E-state index contributed by atoms with van der Waals surface area (Å²) in [6.45, 7) is 2.97. The number of hydrogen-bond donors (Lipinski definition) is 0. The van der Waals surface area contributed by atoms with Crippen LogP contribution in [-0.4, -0.2) is 10.7 Å². The quantitative estimate of drug-likeness (QED) is 0.421. The number of furan rings is 1. The summed E-state index contributed by atoms with van der Waals surface area (Å²) in [4.78, 5) is 20.8. The molecule has 5 nitrogen and oxygen atoms in total. The largest absolute Gasteiger partial charge is 0.457 e. The van der Waals surface area contributed by atoms with Gasteiger partial charge < -0.3 is 4.42 Å². The average Bonchev–Trinajstić information content (AvgIpc) is 2.52. The molecule has 1 aromatic rings. The molecule has 0 radical (unpaired) electrons. The number of nitro groups is 1. The highest BCUT2D eigenvalue weighted by Crippen LogP contribution is 2.22. The third-order valence-electron chi connectivity index (χ3n) is 1.77. The van der Waals surface area contributed by atoms with Gasteiger partial charge in [-0.15, -0.1) is 0 Å². The van der Waals surface area contributed by atoms with Crippen LogP contribution in [-0.2, 0) is 4.79 Å². The minimum Gasteiger partial charge on any atom is -0.457 e. The Bertz CT molecular complexity index is 403. The molecule has 0 saturated carbocycles. The van der Waals surface area contributed by atoms with Crippen LogP contribution >= 0.6 is 0 Å². The van der Waals surface area contributed by atoms with Crippen molar-refractivity contribution < 1.29 is 14.1 Å². The number of ketones is 1. The SMILES string of the molecule is CC(=O)/C(C)=C/c1occc1[N+](=O)[O-]. The second-order valence-corrected chi connectivity index (χ2v) is 2.81. The molecule has 1 aromatic heterocycles. The van der Waals surface area contributed by atoms with E-state index in [0.29, 0.717) is 5.57 Å². The molecule has 1 rings (SSSR count). The van der Waals surface area contributed by atoms with Gasteiger partial charge in [-0.1, -0.05) is 0 Å². The Labute approximate surface area is 80.2 Å². The maximum Gasteiger partial charge on any atom is 0.314 e. The maximum absolute atomic E-state index is 10.9.